The summed E-state index contributed by atoms with van der Waals surface area (Å²) in [5.74, 6) is 0. The van der Waals surface area contributed by atoms with Crippen molar-refractivity contribution in [2.75, 3.05) is 4.90 Å². The molecule has 0 N–H and O–H groups in total. The van der Waals surface area contributed by atoms with Crippen LogP contribution >= 0.6 is 11.3 Å². The zero-order valence-corrected chi connectivity index (χ0v) is 30.1. The Hall–Kier alpha value is -6.94. The Morgan fingerprint density at radius 3 is 1.91 bits per heavy atom. The van der Waals surface area contributed by atoms with Crippen LogP contribution in [0.25, 0.3) is 96.3 Å². The highest BCUT2D eigenvalue weighted by Gasteiger charge is 2.21. The average molecular weight is 723 g/mol. The third-order valence-corrected chi connectivity index (χ3v) is 12.2. The molecule has 55 heavy (non-hydrogen) atoms. The molecule has 0 aliphatic rings. The molecule has 0 spiro atoms. The van der Waals surface area contributed by atoms with E-state index in [0.717, 1.165) is 65.4 Å². The molecule has 0 saturated carbocycles. The molecule has 0 atom stereocenters. The van der Waals surface area contributed by atoms with E-state index in [1.165, 1.54) is 30.9 Å². The highest BCUT2D eigenvalue weighted by Crippen LogP contribution is 2.46. The topological polar surface area (TPSA) is 16.4 Å². The Labute approximate surface area is 327 Å². The first-order valence-corrected chi connectivity index (χ1v) is 19.1. The van der Waals surface area contributed by atoms with Gasteiger partial charge in [0.1, 0.15) is 11.2 Å². The predicted octanol–water partition coefficient (Wildman–Crippen LogP) is 15.7. The van der Waals surface area contributed by atoms with Crippen molar-refractivity contribution in [3.8, 4) is 11.1 Å². The van der Waals surface area contributed by atoms with E-state index in [4.69, 9.17) is 8.53 Å². The zero-order valence-electron chi connectivity index (χ0n) is 34.3. The molecule has 2 nitrogen and oxygen atoms in total. The molecule has 0 fully saturated rings. The molecular weight excluding hydrogens is 687 g/mol. The second-order valence-corrected chi connectivity index (χ2v) is 15.2. The lowest BCUT2D eigenvalue weighted by molar-refractivity contribution is 0.676. The maximum Gasteiger partial charge on any atom is 0.143 e. The van der Waals surface area contributed by atoms with Crippen LogP contribution < -0.4 is 4.90 Å². The minimum absolute atomic E-state index is 0.0727. The highest BCUT2D eigenvalue weighted by atomic mass is 32.1. The predicted molar refractivity (Wildman–Crippen MR) is 237 cm³/mol. The summed E-state index contributed by atoms with van der Waals surface area (Å²) < 4.78 is 53.6. The summed E-state index contributed by atoms with van der Waals surface area (Å²) in [5, 5.41) is 12.6. The van der Waals surface area contributed by atoms with Gasteiger partial charge in [0, 0.05) is 58.5 Å². The number of furan rings is 1. The average Bonchev–Trinajstić information content (AvgIpc) is 3.87. The van der Waals surface area contributed by atoms with E-state index in [2.05, 4.69) is 103 Å². The molecule has 12 rings (SSSR count). The van der Waals surface area contributed by atoms with Crippen molar-refractivity contribution >= 4 is 114 Å². The number of benzene rings is 10. The molecule has 0 radical (unpaired) electrons. The molecule has 0 bridgehead atoms. The van der Waals surface area contributed by atoms with Crippen LogP contribution in [0, 0.1) is 0 Å². The summed E-state index contributed by atoms with van der Waals surface area (Å²) in [6, 6.07) is 52.8. The van der Waals surface area contributed by atoms with Crippen molar-refractivity contribution in [3.63, 3.8) is 0 Å². The van der Waals surface area contributed by atoms with Crippen LogP contribution in [-0.2, 0) is 0 Å². The lowest BCUT2D eigenvalue weighted by Gasteiger charge is -2.27. The number of fused-ring (bicyclic) bond motifs is 13. The van der Waals surface area contributed by atoms with E-state index >= 15 is 0 Å². The van der Waals surface area contributed by atoms with Crippen LogP contribution in [0.2, 0.25) is 0 Å². The summed E-state index contributed by atoms with van der Waals surface area (Å²) in [7, 11) is 0. The Morgan fingerprint density at radius 2 is 1.04 bits per heavy atom. The maximum absolute atomic E-state index is 9.22. The van der Waals surface area contributed by atoms with Gasteiger partial charge in [-0.3, -0.25) is 0 Å². The van der Waals surface area contributed by atoms with Gasteiger partial charge in [-0.15, -0.1) is 11.3 Å². The van der Waals surface area contributed by atoms with Crippen LogP contribution in [-0.4, -0.2) is 0 Å². The van der Waals surface area contributed by atoms with Crippen molar-refractivity contribution in [1.82, 2.24) is 0 Å². The molecule has 0 saturated heterocycles. The quantitative estimate of drug-likeness (QED) is 0.180. The molecule has 0 unspecified atom stereocenters. The molecule has 0 aliphatic carbocycles. The van der Waals surface area contributed by atoms with E-state index in [1.54, 1.807) is 0 Å². The van der Waals surface area contributed by atoms with Crippen LogP contribution in [0.1, 0.15) is 6.85 Å². The van der Waals surface area contributed by atoms with Crippen LogP contribution in [0.4, 0.5) is 17.1 Å². The molecule has 256 valence electrons. The molecule has 0 aliphatic heterocycles. The standard InChI is InChI=1S/C52H31NOS/c1-2-12-38(13-3-1)53(47-31-45-44-25-21-33-11-5-7-15-41(33)51(44)54-52(45)43-17-9-8-16-42(43)47)39-24-20-35-28-34(18-19-36(35)29-39)37-23-26-48-46(30-37)50-40-14-6-4-10-32(40)22-27-49(50)55-48/h1-31H/i1D,2D,3D,12D,13D. The second-order valence-electron chi connectivity index (χ2n) is 14.1. The number of hydrogen-bond acceptors (Lipinski definition) is 3. The Kier molecular flexibility index (Phi) is 5.56. The van der Waals surface area contributed by atoms with Crippen molar-refractivity contribution < 1.29 is 11.3 Å². The Bertz CT molecular complexity index is 3780. The van der Waals surface area contributed by atoms with Crippen molar-refractivity contribution in [2.24, 2.45) is 0 Å². The lowest BCUT2D eigenvalue weighted by atomic mass is 9.97. The molecule has 2 aromatic heterocycles. The normalized spacial score (nSPS) is 13.3. The number of thiophene rings is 1. The van der Waals surface area contributed by atoms with Crippen LogP contribution in [0.15, 0.2) is 192 Å². The van der Waals surface area contributed by atoms with E-state index in [-0.39, 0.29) is 17.8 Å². The fraction of sp³-hybridized carbons (Fsp3) is 0. The number of rotatable bonds is 4. The summed E-state index contributed by atoms with van der Waals surface area (Å²) in [5.41, 5.74) is 5.14. The van der Waals surface area contributed by atoms with E-state index < -0.39 is 18.1 Å². The van der Waals surface area contributed by atoms with Gasteiger partial charge >= 0.3 is 0 Å². The smallest absolute Gasteiger partial charge is 0.143 e. The van der Waals surface area contributed by atoms with Gasteiger partial charge in [-0.2, -0.15) is 0 Å². The summed E-state index contributed by atoms with van der Waals surface area (Å²) in [6.45, 7) is 0. The second kappa shape index (κ2) is 11.8. The lowest BCUT2D eigenvalue weighted by Crippen LogP contribution is -2.10. The number of para-hydroxylation sites is 1. The number of anilines is 3. The number of nitrogens with zero attached hydrogens (tertiary/aromatic N) is 1. The van der Waals surface area contributed by atoms with Crippen LogP contribution in [0.3, 0.4) is 0 Å². The molecule has 12 aromatic rings. The van der Waals surface area contributed by atoms with Gasteiger partial charge in [0.05, 0.1) is 12.5 Å². The first-order valence-electron chi connectivity index (χ1n) is 20.8. The minimum Gasteiger partial charge on any atom is -0.455 e. The SMILES string of the molecule is [2H]c1c([2H])c([2H])c(N(c2ccc3cc(-c4ccc5sc6ccc7ccccc7c6c5c4)ccc3c2)c2cc3c4ccc5ccccc5c4oc3c3ccccc23)c([2H])c1[2H]. The van der Waals surface area contributed by atoms with Gasteiger partial charge in [-0.05, 0) is 98.7 Å². The molecule has 0 amide bonds. The number of hydrogen-bond donors (Lipinski definition) is 0. The summed E-state index contributed by atoms with van der Waals surface area (Å²) >= 11 is 1.82. The van der Waals surface area contributed by atoms with Crippen molar-refractivity contribution in [3.05, 3.63) is 188 Å². The molecule has 10 aromatic carbocycles. The van der Waals surface area contributed by atoms with Crippen molar-refractivity contribution in [1.29, 1.82) is 0 Å². The molecule has 3 heteroatoms. The third kappa shape index (κ3) is 4.67. The Balaban J connectivity index is 1.07. The van der Waals surface area contributed by atoms with E-state index in [0.29, 0.717) is 11.4 Å². The fourth-order valence-corrected chi connectivity index (χ4v) is 9.62. The zero-order chi connectivity index (χ0) is 40.4. The largest absolute Gasteiger partial charge is 0.455 e. The van der Waals surface area contributed by atoms with Gasteiger partial charge < -0.3 is 9.32 Å². The van der Waals surface area contributed by atoms with Gasteiger partial charge in [-0.1, -0.05) is 127 Å². The van der Waals surface area contributed by atoms with Gasteiger partial charge in [0.15, 0.2) is 0 Å². The first-order chi connectivity index (χ1) is 29.3. The highest BCUT2D eigenvalue weighted by molar-refractivity contribution is 7.26. The molecular formula is C52H31NOS. The summed E-state index contributed by atoms with van der Waals surface area (Å²) in [6.07, 6.45) is 0. The van der Waals surface area contributed by atoms with Gasteiger partial charge in [0.25, 0.3) is 0 Å². The molecule has 2 heterocycles. The van der Waals surface area contributed by atoms with Crippen LogP contribution in [0.5, 0.6) is 0 Å². The fourth-order valence-electron chi connectivity index (χ4n) is 8.51. The Morgan fingerprint density at radius 1 is 0.418 bits per heavy atom. The van der Waals surface area contributed by atoms with E-state index in [1.807, 2.05) is 70.8 Å². The monoisotopic (exact) mass is 722 g/mol. The van der Waals surface area contributed by atoms with Gasteiger partial charge in [-0.25, -0.2) is 0 Å². The van der Waals surface area contributed by atoms with E-state index in [9.17, 15) is 2.74 Å². The van der Waals surface area contributed by atoms with Crippen molar-refractivity contribution in [2.45, 2.75) is 0 Å². The maximum atomic E-state index is 9.22. The minimum atomic E-state index is -0.436. The van der Waals surface area contributed by atoms with Gasteiger partial charge in [0.2, 0.25) is 0 Å². The third-order valence-electron chi connectivity index (χ3n) is 11.1. The summed E-state index contributed by atoms with van der Waals surface area (Å²) in [4.78, 5) is 1.83. The first kappa shape index (κ1) is 25.9.